The number of aromatic nitrogens is 2. The Morgan fingerprint density at radius 2 is 2.15 bits per heavy atom. The molecular formula is C14H15FN4O. The zero-order valence-electron chi connectivity index (χ0n) is 11.1. The normalized spacial score (nSPS) is 13.7. The largest absolute Gasteiger partial charge is 0.467 e. The van der Waals surface area contributed by atoms with E-state index in [1.165, 1.54) is 13.2 Å². The van der Waals surface area contributed by atoms with Crippen molar-refractivity contribution in [2.75, 3.05) is 19.0 Å². The number of methoxy groups -OCH3 is 1. The minimum absolute atomic E-state index is 0.284. The van der Waals surface area contributed by atoms with Gasteiger partial charge in [-0.1, -0.05) is 12.1 Å². The molecule has 104 valence electrons. The van der Waals surface area contributed by atoms with Crippen LogP contribution in [0.15, 0.2) is 24.3 Å². The van der Waals surface area contributed by atoms with Gasteiger partial charge in [0.2, 0.25) is 0 Å². The third kappa shape index (κ3) is 2.42. The monoisotopic (exact) mass is 274 g/mol. The Morgan fingerprint density at radius 1 is 1.30 bits per heavy atom. The Balaban J connectivity index is 2.02. The molecule has 1 aromatic carbocycles. The summed E-state index contributed by atoms with van der Waals surface area (Å²) in [6, 6.07) is 6.80. The molecule has 0 unspecified atom stereocenters. The fourth-order valence-electron chi connectivity index (χ4n) is 2.22. The Kier molecular flexibility index (Phi) is 3.47. The van der Waals surface area contributed by atoms with Crippen molar-refractivity contribution in [3.05, 3.63) is 41.3 Å². The second-order valence-electron chi connectivity index (χ2n) is 4.52. The Labute approximate surface area is 116 Å². The van der Waals surface area contributed by atoms with Gasteiger partial charge in [-0.15, -0.1) is 0 Å². The van der Waals surface area contributed by atoms with Gasteiger partial charge in [-0.05, 0) is 25.1 Å². The van der Waals surface area contributed by atoms with Gasteiger partial charge >= 0.3 is 6.01 Å². The molecule has 20 heavy (non-hydrogen) atoms. The number of fused-ring (bicyclic) bond motifs is 1. The van der Waals surface area contributed by atoms with Crippen molar-refractivity contribution in [2.24, 2.45) is 0 Å². The van der Waals surface area contributed by atoms with E-state index in [1.54, 1.807) is 18.2 Å². The highest BCUT2D eigenvalue weighted by atomic mass is 19.1. The van der Waals surface area contributed by atoms with Crippen molar-refractivity contribution < 1.29 is 9.13 Å². The standard InChI is InChI=1S/C14H15FN4O/c1-20-14-18-12-8-16-7-6-9(12)13(19-14)17-11-5-3-2-4-10(11)15/h2-5,16H,6-8H2,1H3,(H,17,18,19). The highest BCUT2D eigenvalue weighted by Gasteiger charge is 2.18. The van der Waals surface area contributed by atoms with Crippen LogP contribution >= 0.6 is 0 Å². The third-order valence-corrected chi connectivity index (χ3v) is 3.23. The quantitative estimate of drug-likeness (QED) is 0.896. The van der Waals surface area contributed by atoms with E-state index in [0.717, 1.165) is 24.2 Å². The molecule has 0 amide bonds. The predicted octanol–water partition coefficient (Wildman–Crippen LogP) is 2.01. The lowest BCUT2D eigenvalue weighted by molar-refractivity contribution is 0.376. The maximum Gasteiger partial charge on any atom is 0.318 e. The average molecular weight is 274 g/mol. The molecule has 1 aliphatic heterocycles. The number of hydrogen-bond acceptors (Lipinski definition) is 5. The molecule has 0 spiro atoms. The first kappa shape index (κ1) is 12.8. The van der Waals surface area contributed by atoms with Crippen molar-refractivity contribution in [2.45, 2.75) is 13.0 Å². The molecule has 0 saturated carbocycles. The predicted molar refractivity (Wildman–Crippen MR) is 73.7 cm³/mol. The van der Waals surface area contributed by atoms with Gasteiger partial charge in [0.25, 0.3) is 0 Å². The van der Waals surface area contributed by atoms with Crippen LogP contribution < -0.4 is 15.4 Å². The molecule has 1 aromatic heterocycles. The lowest BCUT2D eigenvalue weighted by Crippen LogP contribution is -2.26. The number of para-hydroxylation sites is 1. The molecular weight excluding hydrogens is 259 g/mol. The van der Waals surface area contributed by atoms with E-state index in [2.05, 4.69) is 20.6 Å². The highest BCUT2D eigenvalue weighted by Crippen LogP contribution is 2.26. The van der Waals surface area contributed by atoms with Gasteiger partial charge in [-0.3, -0.25) is 0 Å². The SMILES string of the molecule is COc1nc2c(c(Nc3ccccc3F)n1)CCNC2. The minimum atomic E-state index is -0.312. The Hall–Kier alpha value is -2.21. The average Bonchev–Trinajstić information content (AvgIpc) is 2.49. The number of hydrogen-bond donors (Lipinski definition) is 2. The van der Waals surface area contributed by atoms with E-state index < -0.39 is 0 Å². The van der Waals surface area contributed by atoms with Crippen molar-refractivity contribution in [1.29, 1.82) is 0 Å². The first-order valence-corrected chi connectivity index (χ1v) is 6.44. The first-order chi connectivity index (χ1) is 9.78. The van der Waals surface area contributed by atoms with Crippen LogP contribution in [0.1, 0.15) is 11.3 Å². The molecule has 2 heterocycles. The van der Waals surface area contributed by atoms with E-state index in [-0.39, 0.29) is 11.8 Å². The van der Waals surface area contributed by atoms with Crippen molar-refractivity contribution in [3.8, 4) is 6.01 Å². The number of nitrogens with one attached hydrogen (secondary N) is 2. The van der Waals surface area contributed by atoms with Crippen LogP contribution in [-0.4, -0.2) is 23.6 Å². The number of benzene rings is 1. The van der Waals surface area contributed by atoms with Crippen LogP contribution in [0.4, 0.5) is 15.9 Å². The lowest BCUT2D eigenvalue weighted by atomic mass is 10.1. The van der Waals surface area contributed by atoms with Crippen molar-refractivity contribution >= 4 is 11.5 Å². The summed E-state index contributed by atoms with van der Waals surface area (Å²) in [5.74, 6) is 0.297. The maximum atomic E-state index is 13.7. The zero-order valence-corrected chi connectivity index (χ0v) is 11.1. The van der Waals surface area contributed by atoms with Gasteiger partial charge < -0.3 is 15.4 Å². The number of halogens is 1. The molecule has 3 rings (SSSR count). The van der Waals surface area contributed by atoms with Gasteiger partial charge in [0.15, 0.2) is 0 Å². The number of nitrogens with zero attached hydrogens (tertiary/aromatic N) is 2. The van der Waals surface area contributed by atoms with Gasteiger partial charge in [0.05, 0.1) is 18.5 Å². The molecule has 0 aliphatic carbocycles. The molecule has 1 aliphatic rings. The summed E-state index contributed by atoms with van der Waals surface area (Å²) in [4.78, 5) is 8.63. The fourth-order valence-corrected chi connectivity index (χ4v) is 2.22. The second kappa shape index (κ2) is 5.42. The van der Waals surface area contributed by atoms with Crippen LogP contribution in [0.25, 0.3) is 0 Å². The number of ether oxygens (including phenoxy) is 1. The van der Waals surface area contributed by atoms with Crippen LogP contribution in [0, 0.1) is 5.82 Å². The maximum absolute atomic E-state index is 13.7. The summed E-state index contributed by atoms with van der Waals surface area (Å²) in [5.41, 5.74) is 2.30. The van der Waals surface area contributed by atoms with Gasteiger partial charge in [0.1, 0.15) is 11.6 Å². The minimum Gasteiger partial charge on any atom is -0.467 e. The third-order valence-electron chi connectivity index (χ3n) is 3.23. The molecule has 0 bridgehead atoms. The highest BCUT2D eigenvalue weighted by molar-refractivity contribution is 5.61. The Bertz CT molecular complexity index is 633. The van der Waals surface area contributed by atoms with Crippen LogP contribution in [0.3, 0.4) is 0 Å². The summed E-state index contributed by atoms with van der Waals surface area (Å²) in [6.07, 6.45) is 0.802. The van der Waals surface area contributed by atoms with E-state index >= 15 is 0 Å². The van der Waals surface area contributed by atoms with Gasteiger partial charge in [-0.25, -0.2) is 4.39 Å². The lowest BCUT2D eigenvalue weighted by Gasteiger charge is -2.20. The summed E-state index contributed by atoms with van der Waals surface area (Å²) >= 11 is 0. The van der Waals surface area contributed by atoms with Crippen LogP contribution in [0.2, 0.25) is 0 Å². The van der Waals surface area contributed by atoms with Crippen LogP contribution in [0.5, 0.6) is 6.01 Å². The first-order valence-electron chi connectivity index (χ1n) is 6.44. The molecule has 2 aromatic rings. The topological polar surface area (TPSA) is 59.1 Å². The summed E-state index contributed by atoms with van der Waals surface area (Å²) in [5, 5.41) is 6.29. The molecule has 2 N–H and O–H groups in total. The second-order valence-corrected chi connectivity index (χ2v) is 4.52. The molecule has 0 fully saturated rings. The Morgan fingerprint density at radius 3 is 2.95 bits per heavy atom. The van der Waals surface area contributed by atoms with Crippen molar-refractivity contribution in [3.63, 3.8) is 0 Å². The fraction of sp³-hybridized carbons (Fsp3) is 0.286. The molecule has 0 atom stereocenters. The number of anilines is 2. The molecule has 0 saturated heterocycles. The number of rotatable bonds is 3. The van der Waals surface area contributed by atoms with Gasteiger partial charge in [0, 0.05) is 12.1 Å². The van der Waals surface area contributed by atoms with E-state index in [1.807, 2.05) is 0 Å². The van der Waals surface area contributed by atoms with Gasteiger partial charge in [-0.2, -0.15) is 9.97 Å². The van der Waals surface area contributed by atoms with Crippen molar-refractivity contribution in [1.82, 2.24) is 15.3 Å². The van der Waals surface area contributed by atoms with Crippen LogP contribution in [-0.2, 0) is 13.0 Å². The zero-order chi connectivity index (χ0) is 13.9. The van der Waals surface area contributed by atoms with E-state index in [9.17, 15) is 4.39 Å². The summed E-state index contributed by atoms with van der Waals surface area (Å²) < 4.78 is 18.8. The summed E-state index contributed by atoms with van der Waals surface area (Å²) in [6.45, 7) is 1.52. The molecule has 6 heteroatoms. The van der Waals surface area contributed by atoms with E-state index in [0.29, 0.717) is 18.1 Å². The van der Waals surface area contributed by atoms with E-state index in [4.69, 9.17) is 4.74 Å². The molecule has 0 radical (unpaired) electrons. The molecule has 5 nitrogen and oxygen atoms in total. The summed E-state index contributed by atoms with van der Waals surface area (Å²) in [7, 11) is 1.52. The smallest absolute Gasteiger partial charge is 0.318 e.